The molecule has 0 bridgehead atoms. The van der Waals surface area contributed by atoms with Gasteiger partial charge in [-0.25, -0.2) is 4.79 Å². The Morgan fingerprint density at radius 3 is 2.27 bits per heavy atom. The fourth-order valence-corrected chi connectivity index (χ4v) is 0.862. The van der Waals surface area contributed by atoms with E-state index >= 15 is 0 Å². The second kappa shape index (κ2) is 7.04. The van der Waals surface area contributed by atoms with Crippen molar-refractivity contribution in [1.29, 1.82) is 0 Å². The van der Waals surface area contributed by atoms with Crippen LogP contribution < -0.4 is 0 Å². The van der Waals surface area contributed by atoms with Gasteiger partial charge in [-0.3, -0.25) is 4.79 Å². The number of hydrogen-bond donors (Lipinski definition) is 0. The van der Waals surface area contributed by atoms with Crippen molar-refractivity contribution in [3.8, 4) is 0 Å². The third-order valence-corrected chi connectivity index (χ3v) is 1.55. The van der Waals surface area contributed by atoms with E-state index in [2.05, 4.69) is 0 Å². The van der Waals surface area contributed by atoms with Gasteiger partial charge in [0.1, 0.15) is 11.8 Å². The van der Waals surface area contributed by atoms with Crippen molar-refractivity contribution in [2.45, 2.75) is 40.2 Å². The summed E-state index contributed by atoms with van der Waals surface area (Å²) in [4.78, 5) is 22.9. The van der Waals surface area contributed by atoms with Crippen LogP contribution in [0.4, 0.5) is 0 Å². The lowest BCUT2D eigenvalue weighted by Gasteiger charge is -2.09. The quantitative estimate of drug-likeness (QED) is 0.222. The van der Waals surface area contributed by atoms with Crippen LogP contribution in [0.25, 0.3) is 0 Å². The van der Waals surface area contributed by atoms with E-state index in [4.69, 9.17) is 9.47 Å². The maximum atomic E-state index is 11.5. The lowest BCUT2D eigenvalue weighted by molar-refractivity contribution is -0.144. The smallest absolute Gasteiger partial charge is 0.345 e. The van der Waals surface area contributed by atoms with Crippen LogP contribution >= 0.6 is 0 Å². The van der Waals surface area contributed by atoms with E-state index in [0.717, 1.165) is 0 Å². The molecule has 0 aromatic carbocycles. The third kappa shape index (κ3) is 5.20. The van der Waals surface area contributed by atoms with Gasteiger partial charge in [-0.1, -0.05) is 6.92 Å². The van der Waals surface area contributed by atoms with Crippen LogP contribution in [-0.4, -0.2) is 24.5 Å². The summed E-state index contributed by atoms with van der Waals surface area (Å²) in [6.07, 6.45) is 1.19. The normalized spacial score (nSPS) is 11.4. The average Bonchev–Trinajstić information content (AvgIpc) is 2.16. The van der Waals surface area contributed by atoms with Gasteiger partial charge >= 0.3 is 5.97 Å². The Hall–Kier alpha value is -1.32. The SMILES string of the molecule is CCO/C=C(/C(=O)CC)C(=O)OC(C)C. The Morgan fingerprint density at radius 1 is 1.27 bits per heavy atom. The third-order valence-electron chi connectivity index (χ3n) is 1.55. The molecule has 0 radical (unpaired) electrons. The Bertz CT molecular complexity index is 253. The van der Waals surface area contributed by atoms with Gasteiger partial charge in [-0.2, -0.15) is 0 Å². The van der Waals surface area contributed by atoms with Gasteiger partial charge in [-0.15, -0.1) is 0 Å². The lowest BCUT2D eigenvalue weighted by atomic mass is 10.1. The topological polar surface area (TPSA) is 52.6 Å². The van der Waals surface area contributed by atoms with E-state index in [0.29, 0.717) is 6.61 Å². The average molecular weight is 214 g/mol. The van der Waals surface area contributed by atoms with Crippen molar-refractivity contribution in [3.05, 3.63) is 11.8 Å². The van der Waals surface area contributed by atoms with Crippen LogP contribution in [0.2, 0.25) is 0 Å². The van der Waals surface area contributed by atoms with Gasteiger partial charge in [0, 0.05) is 6.42 Å². The summed E-state index contributed by atoms with van der Waals surface area (Å²) in [5, 5.41) is 0. The maximum absolute atomic E-state index is 11.5. The molecule has 4 heteroatoms. The number of hydrogen-bond acceptors (Lipinski definition) is 4. The highest BCUT2D eigenvalue weighted by molar-refractivity contribution is 6.16. The van der Waals surface area contributed by atoms with Crippen molar-refractivity contribution < 1.29 is 19.1 Å². The highest BCUT2D eigenvalue weighted by Gasteiger charge is 2.19. The first kappa shape index (κ1) is 13.7. The van der Waals surface area contributed by atoms with Crippen LogP contribution in [0.3, 0.4) is 0 Å². The molecule has 0 atom stereocenters. The molecule has 0 N–H and O–H groups in total. The van der Waals surface area contributed by atoms with Crippen molar-refractivity contribution in [2.24, 2.45) is 0 Å². The van der Waals surface area contributed by atoms with Gasteiger partial charge in [0.15, 0.2) is 5.78 Å². The number of rotatable bonds is 6. The molecule has 0 amide bonds. The molecule has 0 unspecified atom stereocenters. The first-order valence-electron chi connectivity index (χ1n) is 5.08. The molecule has 0 aliphatic heterocycles. The first-order chi connectivity index (χ1) is 7.02. The molecule has 0 saturated carbocycles. The summed E-state index contributed by atoms with van der Waals surface area (Å²) in [5.41, 5.74) is -0.0203. The summed E-state index contributed by atoms with van der Waals surface area (Å²) in [6, 6.07) is 0. The molecule has 0 rings (SSSR count). The van der Waals surface area contributed by atoms with E-state index in [1.54, 1.807) is 27.7 Å². The van der Waals surface area contributed by atoms with Crippen LogP contribution in [0.5, 0.6) is 0 Å². The minimum atomic E-state index is -0.620. The van der Waals surface area contributed by atoms with E-state index in [1.165, 1.54) is 6.26 Å². The number of carbonyl (C=O) groups is 2. The van der Waals surface area contributed by atoms with Crippen LogP contribution in [0.15, 0.2) is 11.8 Å². The minimum absolute atomic E-state index is 0.0203. The van der Waals surface area contributed by atoms with Crippen molar-refractivity contribution in [1.82, 2.24) is 0 Å². The summed E-state index contributed by atoms with van der Waals surface area (Å²) in [5.74, 6) is -0.889. The highest BCUT2D eigenvalue weighted by Crippen LogP contribution is 2.05. The van der Waals surface area contributed by atoms with Crippen molar-refractivity contribution >= 4 is 11.8 Å². The van der Waals surface area contributed by atoms with E-state index in [9.17, 15) is 9.59 Å². The molecule has 0 spiro atoms. The fourth-order valence-electron chi connectivity index (χ4n) is 0.862. The molecule has 0 aromatic rings. The Kier molecular flexibility index (Phi) is 6.42. The van der Waals surface area contributed by atoms with Crippen LogP contribution in [0, 0.1) is 0 Å². The Morgan fingerprint density at radius 2 is 1.87 bits per heavy atom. The second-order valence-corrected chi connectivity index (χ2v) is 3.22. The summed E-state index contributed by atoms with van der Waals surface area (Å²) in [7, 11) is 0. The molecule has 0 aliphatic rings. The zero-order valence-corrected chi connectivity index (χ0v) is 9.70. The standard InChI is InChI=1S/C11H18O4/c1-5-10(12)9(7-14-6-2)11(13)15-8(3)4/h7-8H,5-6H2,1-4H3/b9-7-. The molecule has 0 aromatic heterocycles. The first-order valence-corrected chi connectivity index (χ1v) is 5.08. The zero-order valence-electron chi connectivity index (χ0n) is 9.70. The minimum Gasteiger partial charge on any atom is -0.500 e. The largest absolute Gasteiger partial charge is 0.500 e. The van der Waals surface area contributed by atoms with E-state index in [1.807, 2.05) is 0 Å². The summed E-state index contributed by atoms with van der Waals surface area (Å²) >= 11 is 0. The maximum Gasteiger partial charge on any atom is 0.345 e. The molecule has 0 fully saturated rings. The predicted octanol–water partition coefficient (Wildman–Crippen LogP) is 1.84. The van der Waals surface area contributed by atoms with E-state index in [-0.39, 0.29) is 23.9 Å². The number of ketones is 1. The van der Waals surface area contributed by atoms with Crippen LogP contribution in [0.1, 0.15) is 34.1 Å². The number of ether oxygens (including phenoxy) is 2. The summed E-state index contributed by atoms with van der Waals surface area (Å²) < 4.78 is 9.86. The second-order valence-electron chi connectivity index (χ2n) is 3.22. The molecular formula is C11H18O4. The lowest BCUT2D eigenvalue weighted by Crippen LogP contribution is -2.19. The molecular weight excluding hydrogens is 196 g/mol. The Labute approximate surface area is 90.2 Å². The van der Waals surface area contributed by atoms with Crippen molar-refractivity contribution in [2.75, 3.05) is 6.61 Å². The Balaban J connectivity index is 4.63. The number of carbonyl (C=O) groups excluding carboxylic acids is 2. The highest BCUT2D eigenvalue weighted by atomic mass is 16.5. The number of esters is 1. The van der Waals surface area contributed by atoms with Crippen LogP contribution in [-0.2, 0) is 19.1 Å². The monoisotopic (exact) mass is 214 g/mol. The zero-order chi connectivity index (χ0) is 11.8. The van der Waals surface area contributed by atoms with Gasteiger partial charge in [0.05, 0.1) is 12.7 Å². The number of Topliss-reactive ketones (excluding diaryl/α,β-unsaturated/α-hetero) is 1. The molecule has 15 heavy (non-hydrogen) atoms. The van der Waals surface area contributed by atoms with Gasteiger partial charge < -0.3 is 9.47 Å². The van der Waals surface area contributed by atoms with Gasteiger partial charge in [-0.05, 0) is 20.8 Å². The molecule has 4 nitrogen and oxygen atoms in total. The predicted molar refractivity (Wildman–Crippen MR) is 56.2 cm³/mol. The fraction of sp³-hybridized carbons (Fsp3) is 0.636. The van der Waals surface area contributed by atoms with Crippen molar-refractivity contribution in [3.63, 3.8) is 0 Å². The molecule has 0 aliphatic carbocycles. The molecule has 0 saturated heterocycles. The van der Waals surface area contributed by atoms with E-state index < -0.39 is 5.97 Å². The molecule has 86 valence electrons. The summed E-state index contributed by atoms with van der Waals surface area (Å²) in [6.45, 7) is 7.33. The van der Waals surface area contributed by atoms with Gasteiger partial charge in [0.25, 0.3) is 0 Å². The van der Waals surface area contributed by atoms with Gasteiger partial charge in [0.2, 0.25) is 0 Å². The molecule has 0 heterocycles.